The van der Waals surface area contributed by atoms with Gasteiger partial charge in [-0.05, 0) is 50.3 Å². The molecule has 1 aliphatic carbocycles. The molecule has 0 spiro atoms. The molecule has 0 saturated carbocycles. The van der Waals surface area contributed by atoms with E-state index in [1.165, 1.54) is 21.3 Å². The highest BCUT2D eigenvalue weighted by Crippen LogP contribution is 2.38. The van der Waals surface area contributed by atoms with Crippen molar-refractivity contribution < 1.29 is 19.0 Å². The summed E-state index contributed by atoms with van der Waals surface area (Å²) >= 11 is 0. The number of ether oxygens (including phenoxy) is 3. The van der Waals surface area contributed by atoms with Crippen LogP contribution in [0.1, 0.15) is 37.0 Å². The van der Waals surface area contributed by atoms with Crippen molar-refractivity contribution in [1.82, 2.24) is 5.43 Å². The van der Waals surface area contributed by atoms with Crippen LogP contribution in [0.15, 0.2) is 41.0 Å². The van der Waals surface area contributed by atoms with Crippen LogP contribution < -0.4 is 19.6 Å². The van der Waals surface area contributed by atoms with Gasteiger partial charge in [-0.3, -0.25) is 4.79 Å². The molecule has 2 rings (SSSR count). The highest BCUT2D eigenvalue weighted by Gasteiger charge is 2.20. The van der Waals surface area contributed by atoms with Gasteiger partial charge in [0.15, 0.2) is 11.5 Å². The van der Waals surface area contributed by atoms with Crippen molar-refractivity contribution in [2.24, 2.45) is 11.0 Å². The summed E-state index contributed by atoms with van der Waals surface area (Å²) < 4.78 is 15.8. The number of nitrogens with one attached hydrogen (secondary N) is 1. The number of nitrogens with zero attached hydrogens (tertiary/aromatic N) is 1. The van der Waals surface area contributed by atoms with Crippen molar-refractivity contribution >= 4 is 11.6 Å². The first kappa shape index (κ1) is 19.6. The maximum Gasteiger partial charge on any atom is 0.271 e. The second-order valence-corrected chi connectivity index (χ2v) is 6.28. The van der Waals surface area contributed by atoms with Crippen LogP contribution in [-0.4, -0.2) is 32.9 Å². The van der Waals surface area contributed by atoms with Gasteiger partial charge in [-0.25, -0.2) is 5.43 Å². The standard InChI is InChI=1S/C20H26N2O4/c1-12(2)14-8-7-13(3)16(9-14)21-22-20(23)15-10-17(24-4)19(26-6)18(11-15)25-5/h7,10-11,14H,1,8-9H2,2-6H3,(H,22,23)/b21-16-/t14-/m0/s1. The SMILES string of the molecule is C=C(C)[C@H]1CC=C(C)/C(=N\NC(=O)c2cc(OC)c(OC)c(OC)c2)C1. The third-order valence-electron chi connectivity index (χ3n) is 4.52. The van der Waals surface area contributed by atoms with Crippen LogP contribution in [-0.2, 0) is 0 Å². The molecule has 140 valence electrons. The summed E-state index contributed by atoms with van der Waals surface area (Å²) in [5.74, 6) is 1.28. The van der Waals surface area contributed by atoms with Gasteiger partial charge in [-0.1, -0.05) is 18.2 Å². The third kappa shape index (κ3) is 4.25. The number of allylic oxidation sites excluding steroid dienone is 3. The summed E-state index contributed by atoms with van der Waals surface area (Å²) in [5.41, 5.74) is 6.06. The number of carbonyl (C=O) groups is 1. The average Bonchev–Trinajstić information content (AvgIpc) is 2.65. The van der Waals surface area contributed by atoms with Crippen LogP contribution >= 0.6 is 0 Å². The maximum atomic E-state index is 12.5. The number of hydrogen-bond acceptors (Lipinski definition) is 5. The number of rotatable bonds is 6. The lowest BCUT2D eigenvalue weighted by Gasteiger charge is -2.22. The summed E-state index contributed by atoms with van der Waals surface area (Å²) in [6.07, 6.45) is 3.86. The zero-order chi connectivity index (χ0) is 19.3. The molecule has 1 aliphatic rings. The molecule has 0 unspecified atom stereocenters. The van der Waals surface area contributed by atoms with E-state index in [1.54, 1.807) is 12.1 Å². The van der Waals surface area contributed by atoms with E-state index in [9.17, 15) is 4.79 Å². The van der Waals surface area contributed by atoms with Crippen LogP contribution in [0.5, 0.6) is 17.2 Å². The zero-order valence-electron chi connectivity index (χ0n) is 16.0. The molecule has 0 radical (unpaired) electrons. The highest BCUT2D eigenvalue weighted by atomic mass is 16.5. The van der Waals surface area contributed by atoms with Crippen molar-refractivity contribution in [2.75, 3.05) is 21.3 Å². The fourth-order valence-corrected chi connectivity index (χ4v) is 2.82. The molecule has 0 heterocycles. The van der Waals surface area contributed by atoms with Gasteiger partial charge in [0.05, 0.1) is 27.0 Å². The number of hydrazone groups is 1. The Bertz CT molecular complexity index is 740. The summed E-state index contributed by atoms with van der Waals surface area (Å²) in [5, 5.41) is 4.32. The fraction of sp³-hybridized carbons (Fsp3) is 0.400. The Morgan fingerprint density at radius 1 is 1.19 bits per heavy atom. The van der Waals surface area contributed by atoms with Crippen molar-refractivity contribution in [2.45, 2.75) is 26.7 Å². The quantitative estimate of drug-likeness (QED) is 0.621. The number of methoxy groups -OCH3 is 3. The topological polar surface area (TPSA) is 69.2 Å². The largest absolute Gasteiger partial charge is 0.493 e. The molecule has 0 bridgehead atoms. The average molecular weight is 358 g/mol. The van der Waals surface area contributed by atoms with Crippen molar-refractivity contribution in [3.05, 3.63) is 41.5 Å². The number of carbonyl (C=O) groups excluding carboxylic acids is 1. The summed E-state index contributed by atoms with van der Waals surface area (Å²) in [7, 11) is 4.53. The van der Waals surface area contributed by atoms with E-state index in [0.717, 1.165) is 29.7 Å². The molecule has 0 aliphatic heterocycles. The Morgan fingerprint density at radius 2 is 1.81 bits per heavy atom. The molecule has 0 saturated heterocycles. The second-order valence-electron chi connectivity index (χ2n) is 6.28. The Balaban J connectivity index is 2.23. The Hall–Kier alpha value is -2.76. The van der Waals surface area contributed by atoms with Gasteiger partial charge in [0.2, 0.25) is 5.75 Å². The number of amides is 1. The van der Waals surface area contributed by atoms with Gasteiger partial charge < -0.3 is 14.2 Å². The van der Waals surface area contributed by atoms with Gasteiger partial charge in [-0.2, -0.15) is 5.10 Å². The van der Waals surface area contributed by atoms with E-state index in [2.05, 4.69) is 23.2 Å². The summed E-state index contributed by atoms with van der Waals surface area (Å²) in [4.78, 5) is 12.5. The van der Waals surface area contributed by atoms with Gasteiger partial charge in [0.25, 0.3) is 5.91 Å². The lowest BCUT2D eigenvalue weighted by atomic mass is 9.85. The Morgan fingerprint density at radius 3 is 2.31 bits per heavy atom. The maximum absolute atomic E-state index is 12.5. The molecule has 26 heavy (non-hydrogen) atoms. The predicted octanol–water partition coefficient (Wildman–Crippen LogP) is 3.73. The second kappa shape index (κ2) is 8.56. The Labute approximate surface area is 154 Å². The third-order valence-corrected chi connectivity index (χ3v) is 4.52. The summed E-state index contributed by atoms with van der Waals surface area (Å²) in [6, 6.07) is 3.19. The van der Waals surface area contributed by atoms with E-state index in [0.29, 0.717) is 28.7 Å². The van der Waals surface area contributed by atoms with Gasteiger partial charge in [-0.15, -0.1) is 0 Å². The van der Waals surface area contributed by atoms with Crippen LogP contribution in [0.25, 0.3) is 0 Å². The molecule has 6 heteroatoms. The molecule has 0 fully saturated rings. The minimum absolute atomic E-state index is 0.345. The van der Waals surface area contributed by atoms with Crippen LogP contribution in [0, 0.1) is 5.92 Å². The molecule has 6 nitrogen and oxygen atoms in total. The first-order chi connectivity index (χ1) is 12.4. The van der Waals surface area contributed by atoms with Crippen molar-refractivity contribution in [3.63, 3.8) is 0 Å². The van der Waals surface area contributed by atoms with Gasteiger partial charge in [0.1, 0.15) is 0 Å². The van der Waals surface area contributed by atoms with Crippen LogP contribution in [0.3, 0.4) is 0 Å². The molecule has 1 aromatic rings. The van der Waals surface area contributed by atoms with E-state index in [1.807, 2.05) is 13.8 Å². The zero-order valence-corrected chi connectivity index (χ0v) is 16.0. The van der Waals surface area contributed by atoms with Crippen molar-refractivity contribution in [1.29, 1.82) is 0 Å². The summed E-state index contributed by atoms with van der Waals surface area (Å²) in [6.45, 7) is 8.04. The molecular weight excluding hydrogens is 332 g/mol. The highest BCUT2D eigenvalue weighted by molar-refractivity contribution is 6.02. The minimum Gasteiger partial charge on any atom is -0.493 e. The Kier molecular flexibility index (Phi) is 6.44. The minimum atomic E-state index is -0.345. The molecule has 1 atom stereocenters. The van der Waals surface area contributed by atoms with Crippen LogP contribution in [0.4, 0.5) is 0 Å². The van der Waals surface area contributed by atoms with Gasteiger partial charge >= 0.3 is 0 Å². The smallest absolute Gasteiger partial charge is 0.271 e. The molecular formula is C20H26N2O4. The molecule has 1 aromatic carbocycles. The molecule has 1 amide bonds. The lowest BCUT2D eigenvalue weighted by molar-refractivity contribution is 0.0954. The van der Waals surface area contributed by atoms with Crippen LogP contribution in [0.2, 0.25) is 0 Å². The normalized spacial score (nSPS) is 18.1. The molecule has 0 aromatic heterocycles. The van der Waals surface area contributed by atoms with Gasteiger partial charge in [0, 0.05) is 5.56 Å². The van der Waals surface area contributed by atoms with E-state index in [-0.39, 0.29) is 5.91 Å². The first-order valence-corrected chi connectivity index (χ1v) is 8.40. The number of benzene rings is 1. The predicted molar refractivity (Wildman–Crippen MR) is 102 cm³/mol. The molecule has 1 N–H and O–H groups in total. The fourth-order valence-electron chi connectivity index (χ4n) is 2.82. The first-order valence-electron chi connectivity index (χ1n) is 8.40. The monoisotopic (exact) mass is 358 g/mol. The number of hydrogen-bond donors (Lipinski definition) is 1. The van der Waals surface area contributed by atoms with E-state index >= 15 is 0 Å². The van der Waals surface area contributed by atoms with Crippen molar-refractivity contribution in [3.8, 4) is 17.2 Å². The van der Waals surface area contributed by atoms with E-state index in [4.69, 9.17) is 14.2 Å². The van der Waals surface area contributed by atoms with E-state index < -0.39 is 0 Å². The lowest BCUT2D eigenvalue weighted by Crippen LogP contribution is -2.23.